The monoisotopic (exact) mass is 236 g/mol. The molecule has 1 aromatic heterocycles. The topological polar surface area (TPSA) is 62.7 Å². The second kappa shape index (κ2) is 5.14. The van der Waals surface area contributed by atoms with Gasteiger partial charge < -0.3 is 14.7 Å². The Morgan fingerprint density at radius 1 is 1.65 bits per heavy atom. The van der Waals surface area contributed by atoms with Crippen LogP contribution in [-0.2, 0) is 4.74 Å². The fourth-order valence-electron chi connectivity index (χ4n) is 1.86. The summed E-state index contributed by atoms with van der Waals surface area (Å²) in [5.74, 6) is 0.433. The second-order valence-corrected chi connectivity index (χ2v) is 4.01. The number of esters is 1. The molecule has 5 heteroatoms. The van der Waals surface area contributed by atoms with Gasteiger partial charge in [-0.05, 0) is 25.5 Å². The normalized spacial score (nSPS) is 19.4. The third kappa shape index (κ3) is 2.74. The van der Waals surface area contributed by atoms with Gasteiger partial charge >= 0.3 is 5.97 Å². The smallest absolute Gasteiger partial charge is 0.339 e. The van der Waals surface area contributed by atoms with E-state index in [-0.39, 0.29) is 12.1 Å². The molecule has 0 saturated carbocycles. The Morgan fingerprint density at radius 2 is 2.47 bits per heavy atom. The average Bonchev–Trinajstić information content (AvgIpc) is 2.76. The van der Waals surface area contributed by atoms with E-state index >= 15 is 0 Å². The number of anilines is 1. The zero-order valence-electron chi connectivity index (χ0n) is 9.80. The highest BCUT2D eigenvalue weighted by Crippen LogP contribution is 2.18. The quantitative estimate of drug-likeness (QED) is 0.787. The average molecular weight is 236 g/mol. The zero-order chi connectivity index (χ0) is 12.3. The molecule has 0 amide bonds. The van der Waals surface area contributed by atoms with Crippen LogP contribution in [0.4, 0.5) is 5.82 Å². The lowest BCUT2D eigenvalue weighted by Gasteiger charge is -2.16. The number of carbonyl (C=O) groups is 1. The van der Waals surface area contributed by atoms with Crippen molar-refractivity contribution in [2.45, 2.75) is 19.4 Å². The molecular formula is C12H16N2O3. The number of β-amino-alcohol motifs (C(OH)–C–C–N with tert-alkyl or cyclic N) is 1. The Bertz CT molecular complexity index is 391. The van der Waals surface area contributed by atoms with Crippen LogP contribution in [0.5, 0.6) is 0 Å². The lowest BCUT2D eigenvalue weighted by molar-refractivity contribution is 0.0526. The number of ether oxygens (including phenoxy) is 1. The van der Waals surface area contributed by atoms with Crippen molar-refractivity contribution in [3.63, 3.8) is 0 Å². The van der Waals surface area contributed by atoms with Crippen LogP contribution in [0.2, 0.25) is 0 Å². The maximum atomic E-state index is 11.4. The third-order valence-electron chi connectivity index (χ3n) is 2.75. The number of hydrogen-bond donors (Lipinski definition) is 1. The largest absolute Gasteiger partial charge is 0.462 e. The van der Waals surface area contributed by atoms with Crippen LogP contribution in [-0.4, -0.2) is 41.9 Å². The van der Waals surface area contributed by atoms with Crippen LogP contribution >= 0.6 is 0 Å². The predicted octanol–water partition coefficient (Wildman–Crippen LogP) is 0.829. The van der Waals surface area contributed by atoms with Crippen LogP contribution in [0, 0.1) is 0 Å². The molecule has 17 heavy (non-hydrogen) atoms. The zero-order valence-corrected chi connectivity index (χ0v) is 9.80. The summed E-state index contributed by atoms with van der Waals surface area (Å²) in [5.41, 5.74) is 0.454. The van der Waals surface area contributed by atoms with Gasteiger partial charge in [0.2, 0.25) is 0 Å². The summed E-state index contributed by atoms with van der Waals surface area (Å²) in [4.78, 5) is 17.6. The van der Waals surface area contributed by atoms with Gasteiger partial charge in [-0.3, -0.25) is 0 Å². The van der Waals surface area contributed by atoms with E-state index < -0.39 is 0 Å². The van der Waals surface area contributed by atoms with Gasteiger partial charge in [-0.15, -0.1) is 0 Å². The summed E-state index contributed by atoms with van der Waals surface area (Å²) >= 11 is 0. The highest BCUT2D eigenvalue weighted by atomic mass is 16.5. The second-order valence-electron chi connectivity index (χ2n) is 4.01. The lowest BCUT2D eigenvalue weighted by Crippen LogP contribution is -2.22. The van der Waals surface area contributed by atoms with Gasteiger partial charge in [0.05, 0.1) is 18.3 Å². The van der Waals surface area contributed by atoms with Gasteiger partial charge in [-0.2, -0.15) is 0 Å². The van der Waals surface area contributed by atoms with Gasteiger partial charge in [0.15, 0.2) is 0 Å². The van der Waals surface area contributed by atoms with Crippen LogP contribution in [0.3, 0.4) is 0 Å². The van der Waals surface area contributed by atoms with Gasteiger partial charge in [0, 0.05) is 19.3 Å². The lowest BCUT2D eigenvalue weighted by atomic mass is 10.3. The van der Waals surface area contributed by atoms with Crippen molar-refractivity contribution in [1.82, 2.24) is 4.98 Å². The van der Waals surface area contributed by atoms with Gasteiger partial charge in [-0.1, -0.05) is 0 Å². The van der Waals surface area contributed by atoms with Crippen LogP contribution in [0.1, 0.15) is 23.7 Å². The minimum absolute atomic E-state index is 0.276. The molecule has 1 aliphatic heterocycles. The van der Waals surface area contributed by atoms with E-state index in [9.17, 15) is 9.90 Å². The van der Waals surface area contributed by atoms with E-state index in [1.165, 1.54) is 6.20 Å². The molecule has 0 radical (unpaired) electrons. The molecular weight excluding hydrogens is 220 g/mol. The van der Waals surface area contributed by atoms with Crippen molar-refractivity contribution < 1.29 is 14.6 Å². The van der Waals surface area contributed by atoms with E-state index in [1.54, 1.807) is 19.1 Å². The first kappa shape index (κ1) is 11.9. The molecule has 0 spiro atoms. The van der Waals surface area contributed by atoms with Crippen molar-refractivity contribution in [2.24, 2.45) is 0 Å². The molecule has 0 aliphatic carbocycles. The number of hydrogen-bond acceptors (Lipinski definition) is 5. The maximum Gasteiger partial charge on any atom is 0.339 e. The number of aliphatic hydroxyl groups excluding tert-OH is 1. The summed E-state index contributed by atoms with van der Waals surface area (Å²) in [6.07, 6.45) is 2.00. The van der Waals surface area contributed by atoms with Gasteiger partial charge in [0.1, 0.15) is 5.82 Å². The molecule has 2 rings (SSSR count). The van der Waals surface area contributed by atoms with E-state index in [1.807, 2.05) is 4.90 Å². The number of pyridine rings is 1. The molecule has 1 aromatic rings. The third-order valence-corrected chi connectivity index (χ3v) is 2.75. The molecule has 0 bridgehead atoms. The van der Waals surface area contributed by atoms with E-state index in [0.717, 1.165) is 18.8 Å². The summed E-state index contributed by atoms with van der Waals surface area (Å²) in [6, 6.07) is 3.48. The molecule has 1 N–H and O–H groups in total. The SMILES string of the molecule is CCOC(=O)c1ccc(N2CC[C@H](O)C2)nc1. The molecule has 2 heterocycles. The summed E-state index contributed by atoms with van der Waals surface area (Å²) < 4.78 is 4.88. The van der Waals surface area contributed by atoms with Gasteiger partial charge in [0.25, 0.3) is 0 Å². The minimum Gasteiger partial charge on any atom is -0.462 e. The number of aliphatic hydroxyl groups is 1. The standard InChI is InChI=1S/C12H16N2O3/c1-2-17-12(16)9-3-4-11(13-7-9)14-6-5-10(15)8-14/h3-4,7,10,15H,2,5-6,8H2,1H3/t10-/m0/s1. The first-order valence-corrected chi connectivity index (χ1v) is 5.77. The summed E-state index contributed by atoms with van der Waals surface area (Å²) in [6.45, 7) is 3.53. The number of carbonyl (C=O) groups excluding carboxylic acids is 1. The molecule has 1 fully saturated rings. The first-order valence-electron chi connectivity index (χ1n) is 5.77. The van der Waals surface area contributed by atoms with E-state index in [0.29, 0.717) is 18.7 Å². The highest BCUT2D eigenvalue weighted by molar-refractivity contribution is 5.89. The van der Waals surface area contributed by atoms with Crippen molar-refractivity contribution in [3.8, 4) is 0 Å². The Morgan fingerprint density at radius 3 is 3.00 bits per heavy atom. The number of rotatable bonds is 3. The fraction of sp³-hybridized carbons (Fsp3) is 0.500. The summed E-state index contributed by atoms with van der Waals surface area (Å²) in [5, 5.41) is 9.43. The molecule has 1 saturated heterocycles. The summed E-state index contributed by atoms with van der Waals surface area (Å²) in [7, 11) is 0. The molecule has 1 atom stereocenters. The molecule has 5 nitrogen and oxygen atoms in total. The van der Waals surface area contributed by atoms with Crippen molar-refractivity contribution in [2.75, 3.05) is 24.6 Å². The predicted molar refractivity (Wildman–Crippen MR) is 63.0 cm³/mol. The van der Waals surface area contributed by atoms with Crippen LogP contribution in [0.25, 0.3) is 0 Å². The van der Waals surface area contributed by atoms with Crippen molar-refractivity contribution >= 4 is 11.8 Å². The van der Waals surface area contributed by atoms with Crippen molar-refractivity contribution in [1.29, 1.82) is 0 Å². The molecule has 0 unspecified atom stereocenters. The van der Waals surface area contributed by atoms with E-state index in [2.05, 4.69) is 4.98 Å². The Balaban J connectivity index is 2.05. The Labute approximate surface area is 100 Å². The molecule has 0 aromatic carbocycles. The molecule has 92 valence electrons. The van der Waals surface area contributed by atoms with Crippen LogP contribution < -0.4 is 4.90 Å². The minimum atomic E-state index is -0.354. The van der Waals surface area contributed by atoms with Gasteiger partial charge in [-0.25, -0.2) is 9.78 Å². The highest BCUT2D eigenvalue weighted by Gasteiger charge is 2.21. The Hall–Kier alpha value is -1.62. The molecule has 1 aliphatic rings. The first-order chi connectivity index (χ1) is 8.20. The van der Waals surface area contributed by atoms with Crippen LogP contribution in [0.15, 0.2) is 18.3 Å². The Kier molecular flexibility index (Phi) is 3.58. The maximum absolute atomic E-state index is 11.4. The fourth-order valence-corrected chi connectivity index (χ4v) is 1.86. The van der Waals surface area contributed by atoms with E-state index in [4.69, 9.17) is 4.74 Å². The van der Waals surface area contributed by atoms with Crippen molar-refractivity contribution in [3.05, 3.63) is 23.9 Å². The number of aromatic nitrogens is 1. The number of nitrogens with zero attached hydrogens (tertiary/aromatic N) is 2.